The van der Waals surface area contributed by atoms with Gasteiger partial charge in [0.25, 0.3) is 5.91 Å². The molecule has 0 aliphatic heterocycles. The molecule has 0 atom stereocenters. The summed E-state index contributed by atoms with van der Waals surface area (Å²) in [7, 11) is 0. The van der Waals surface area contributed by atoms with Gasteiger partial charge in [-0.25, -0.2) is 4.79 Å². The van der Waals surface area contributed by atoms with Crippen LogP contribution in [0.2, 0.25) is 0 Å². The Hall–Kier alpha value is -2.76. The average molecular weight is 247 g/mol. The molecule has 1 aromatic carbocycles. The van der Waals surface area contributed by atoms with Gasteiger partial charge in [0.2, 0.25) is 0 Å². The van der Waals surface area contributed by atoms with Crippen LogP contribution in [0.1, 0.15) is 20.9 Å². The number of anilines is 1. The van der Waals surface area contributed by atoms with Gasteiger partial charge in [-0.2, -0.15) is 0 Å². The fourth-order valence-corrected chi connectivity index (χ4v) is 1.39. The third-order valence-electron chi connectivity index (χ3n) is 2.23. The average Bonchev–Trinajstić information content (AvgIpc) is 2.85. The Morgan fingerprint density at radius 1 is 1.22 bits per heavy atom. The van der Waals surface area contributed by atoms with E-state index in [0.29, 0.717) is 0 Å². The SMILES string of the molecule is O=C(Nc1ccc(O)c(C(=O)O)c1)c1ccco1. The molecule has 0 saturated carbocycles. The maximum Gasteiger partial charge on any atom is 0.339 e. The molecule has 2 rings (SSSR count). The van der Waals surface area contributed by atoms with E-state index in [2.05, 4.69) is 5.32 Å². The van der Waals surface area contributed by atoms with Gasteiger partial charge < -0.3 is 19.9 Å². The Bertz CT molecular complexity index is 589. The number of amides is 1. The van der Waals surface area contributed by atoms with Gasteiger partial charge >= 0.3 is 5.97 Å². The van der Waals surface area contributed by atoms with Gasteiger partial charge in [-0.15, -0.1) is 0 Å². The summed E-state index contributed by atoms with van der Waals surface area (Å²) < 4.78 is 4.89. The van der Waals surface area contributed by atoms with Gasteiger partial charge in [-0.1, -0.05) is 0 Å². The molecule has 0 saturated heterocycles. The number of carbonyl (C=O) groups is 2. The number of benzene rings is 1. The van der Waals surface area contributed by atoms with Crippen LogP contribution in [0, 0.1) is 0 Å². The van der Waals surface area contributed by atoms with E-state index in [-0.39, 0.29) is 22.8 Å². The molecule has 3 N–H and O–H groups in total. The van der Waals surface area contributed by atoms with Crippen LogP contribution < -0.4 is 5.32 Å². The summed E-state index contributed by atoms with van der Waals surface area (Å²) in [5.74, 6) is -2.03. The van der Waals surface area contributed by atoms with E-state index >= 15 is 0 Å². The first-order chi connectivity index (χ1) is 8.58. The summed E-state index contributed by atoms with van der Waals surface area (Å²) in [5, 5.41) is 20.6. The largest absolute Gasteiger partial charge is 0.507 e. The molecule has 6 heteroatoms. The normalized spacial score (nSPS) is 10.0. The number of carboxylic acids is 1. The summed E-state index contributed by atoms with van der Waals surface area (Å²) >= 11 is 0. The number of nitrogens with one attached hydrogen (secondary N) is 1. The summed E-state index contributed by atoms with van der Waals surface area (Å²) in [6.45, 7) is 0. The zero-order valence-electron chi connectivity index (χ0n) is 9.08. The van der Waals surface area contributed by atoms with Crippen LogP contribution in [0.15, 0.2) is 41.0 Å². The molecular weight excluding hydrogens is 238 g/mol. The number of furan rings is 1. The van der Waals surface area contributed by atoms with Crippen molar-refractivity contribution in [1.29, 1.82) is 0 Å². The van der Waals surface area contributed by atoms with Crippen LogP contribution in [0.4, 0.5) is 5.69 Å². The number of rotatable bonds is 3. The van der Waals surface area contributed by atoms with Crippen molar-refractivity contribution in [2.24, 2.45) is 0 Å². The lowest BCUT2D eigenvalue weighted by Gasteiger charge is -2.05. The molecule has 6 nitrogen and oxygen atoms in total. The Kier molecular flexibility index (Phi) is 3.01. The van der Waals surface area contributed by atoms with Crippen molar-refractivity contribution in [2.45, 2.75) is 0 Å². The first-order valence-electron chi connectivity index (χ1n) is 4.99. The highest BCUT2D eigenvalue weighted by molar-refractivity contribution is 6.03. The minimum Gasteiger partial charge on any atom is -0.507 e. The molecule has 0 bridgehead atoms. The predicted molar refractivity (Wildman–Crippen MR) is 61.7 cm³/mol. The molecule has 92 valence electrons. The van der Waals surface area contributed by atoms with Gasteiger partial charge in [0.15, 0.2) is 5.76 Å². The van der Waals surface area contributed by atoms with Crippen LogP contribution in [-0.2, 0) is 0 Å². The molecule has 1 heterocycles. The third-order valence-corrected chi connectivity index (χ3v) is 2.23. The van der Waals surface area contributed by atoms with Crippen molar-refractivity contribution >= 4 is 17.6 Å². The Balaban J connectivity index is 2.22. The predicted octanol–water partition coefficient (Wildman–Crippen LogP) is 1.94. The number of aromatic hydroxyl groups is 1. The second-order valence-corrected chi connectivity index (χ2v) is 3.47. The number of aromatic carboxylic acids is 1. The van der Waals surface area contributed by atoms with Gasteiger partial charge in [0.05, 0.1) is 6.26 Å². The Morgan fingerprint density at radius 2 is 2.00 bits per heavy atom. The van der Waals surface area contributed by atoms with E-state index in [1.54, 1.807) is 6.07 Å². The molecule has 0 aliphatic rings. The zero-order valence-corrected chi connectivity index (χ0v) is 9.08. The lowest BCUT2D eigenvalue weighted by atomic mass is 10.2. The molecule has 0 fully saturated rings. The molecule has 0 unspecified atom stereocenters. The van der Waals surface area contributed by atoms with Gasteiger partial charge in [0, 0.05) is 5.69 Å². The van der Waals surface area contributed by atoms with E-state index in [4.69, 9.17) is 9.52 Å². The van der Waals surface area contributed by atoms with Gasteiger partial charge in [-0.3, -0.25) is 4.79 Å². The van der Waals surface area contributed by atoms with Crippen molar-refractivity contribution in [3.63, 3.8) is 0 Å². The van der Waals surface area contributed by atoms with E-state index < -0.39 is 11.9 Å². The lowest BCUT2D eigenvalue weighted by molar-refractivity contribution is 0.0693. The van der Waals surface area contributed by atoms with Crippen molar-refractivity contribution in [1.82, 2.24) is 0 Å². The second kappa shape index (κ2) is 4.62. The van der Waals surface area contributed by atoms with Crippen molar-refractivity contribution < 1.29 is 24.2 Å². The Labute approximate surface area is 101 Å². The number of hydrogen-bond donors (Lipinski definition) is 3. The van der Waals surface area contributed by atoms with Crippen molar-refractivity contribution in [2.75, 3.05) is 5.32 Å². The van der Waals surface area contributed by atoms with Crippen LogP contribution >= 0.6 is 0 Å². The summed E-state index contributed by atoms with van der Waals surface area (Å²) in [6, 6.07) is 6.80. The van der Waals surface area contributed by atoms with E-state index in [0.717, 1.165) is 0 Å². The first-order valence-corrected chi connectivity index (χ1v) is 4.99. The van der Waals surface area contributed by atoms with Crippen molar-refractivity contribution in [3.05, 3.63) is 47.9 Å². The highest BCUT2D eigenvalue weighted by Crippen LogP contribution is 2.21. The highest BCUT2D eigenvalue weighted by Gasteiger charge is 2.13. The quantitative estimate of drug-likeness (QED) is 0.719. The molecule has 18 heavy (non-hydrogen) atoms. The number of phenols is 1. The third kappa shape index (κ3) is 2.32. The van der Waals surface area contributed by atoms with Crippen LogP contribution in [0.25, 0.3) is 0 Å². The first kappa shape index (κ1) is 11.7. The fraction of sp³-hybridized carbons (Fsp3) is 0. The minimum absolute atomic E-state index is 0.111. The van der Waals surface area contributed by atoms with E-state index in [1.807, 2.05) is 0 Å². The number of carbonyl (C=O) groups excluding carboxylic acids is 1. The molecule has 0 radical (unpaired) electrons. The van der Waals surface area contributed by atoms with Crippen LogP contribution in [0.3, 0.4) is 0 Å². The molecule has 0 spiro atoms. The monoisotopic (exact) mass is 247 g/mol. The van der Waals surface area contributed by atoms with Crippen LogP contribution in [0.5, 0.6) is 5.75 Å². The molecule has 1 amide bonds. The molecular formula is C12H9NO5. The lowest BCUT2D eigenvalue weighted by Crippen LogP contribution is -2.11. The van der Waals surface area contributed by atoms with E-state index in [1.165, 1.54) is 30.5 Å². The standard InChI is InChI=1S/C12H9NO5/c14-9-4-3-7(6-8(9)12(16)17)13-11(15)10-2-1-5-18-10/h1-6,14H,(H,13,15)(H,16,17). The Morgan fingerprint density at radius 3 is 2.61 bits per heavy atom. The summed E-state index contributed by atoms with van der Waals surface area (Å²) in [4.78, 5) is 22.4. The maximum atomic E-state index is 11.6. The highest BCUT2D eigenvalue weighted by atomic mass is 16.4. The second-order valence-electron chi connectivity index (χ2n) is 3.47. The maximum absolute atomic E-state index is 11.6. The number of carboxylic acid groups (broad SMARTS) is 1. The molecule has 0 aliphatic carbocycles. The smallest absolute Gasteiger partial charge is 0.339 e. The van der Waals surface area contributed by atoms with E-state index in [9.17, 15) is 14.7 Å². The van der Waals surface area contributed by atoms with Gasteiger partial charge in [-0.05, 0) is 30.3 Å². The van der Waals surface area contributed by atoms with Crippen LogP contribution in [-0.4, -0.2) is 22.1 Å². The van der Waals surface area contributed by atoms with Gasteiger partial charge in [0.1, 0.15) is 11.3 Å². The van der Waals surface area contributed by atoms with Crippen molar-refractivity contribution in [3.8, 4) is 5.75 Å². The zero-order chi connectivity index (χ0) is 13.1. The fourth-order valence-electron chi connectivity index (χ4n) is 1.39. The summed E-state index contributed by atoms with van der Waals surface area (Å²) in [6.07, 6.45) is 1.36. The number of hydrogen-bond acceptors (Lipinski definition) is 4. The topological polar surface area (TPSA) is 99.8 Å². The molecule has 1 aromatic heterocycles. The minimum atomic E-state index is -1.28. The molecule has 2 aromatic rings. The summed E-state index contributed by atoms with van der Waals surface area (Å²) in [5.41, 5.74) is -0.0288.